The van der Waals surface area contributed by atoms with Crippen molar-refractivity contribution in [3.05, 3.63) is 53.1 Å². The summed E-state index contributed by atoms with van der Waals surface area (Å²) in [5.41, 5.74) is 2.08. The van der Waals surface area contributed by atoms with Crippen LogP contribution in [0.25, 0.3) is 28.1 Å². The summed E-state index contributed by atoms with van der Waals surface area (Å²) in [6.07, 6.45) is 1.65. The number of pyridine rings is 1. The summed E-state index contributed by atoms with van der Waals surface area (Å²) in [6.45, 7) is 0. The summed E-state index contributed by atoms with van der Waals surface area (Å²) in [5.74, 6) is 1.15. The second-order valence-corrected chi connectivity index (χ2v) is 4.73. The first kappa shape index (κ1) is 12.5. The first-order valence-corrected chi connectivity index (χ1v) is 6.64. The Bertz CT molecular complexity index is 1050. The van der Waals surface area contributed by atoms with Crippen LogP contribution in [0.3, 0.4) is 0 Å². The van der Waals surface area contributed by atoms with Gasteiger partial charge in [-0.3, -0.25) is 4.98 Å². The van der Waals surface area contributed by atoms with E-state index < -0.39 is 0 Å². The van der Waals surface area contributed by atoms with Gasteiger partial charge in [0, 0.05) is 11.8 Å². The highest BCUT2D eigenvalue weighted by atomic mass is 16.5. The third-order valence-electron chi connectivity index (χ3n) is 3.39. The zero-order valence-corrected chi connectivity index (χ0v) is 11.6. The van der Waals surface area contributed by atoms with Gasteiger partial charge in [-0.2, -0.15) is 4.52 Å². The van der Waals surface area contributed by atoms with Crippen molar-refractivity contribution in [2.24, 2.45) is 0 Å². The van der Waals surface area contributed by atoms with Crippen molar-refractivity contribution in [3.8, 4) is 17.1 Å². The van der Waals surface area contributed by atoms with Gasteiger partial charge in [0.15, 0.2) is 11.5 Å². The van der Waals surface area contributed by atoms with E-state index in [9.17, 15) is 4.79 Å². The largest absolute Gasteiger partial charge is 0.497 e. The Morgan fingerprint density at radius 2 is 2.14 bits per heavy atom. The van der Waals surface area contributed by atoms with Crippen LogP contribution in [0.4, 0.5) is 0 Å². The van der Waals surface area contributed by atoms with E-state index in [1.54, 1.807) is 25.4 Å². The molecular formula is C15H11N5O2. The molecule has 22 heavy (non-hydrogen) atoms. The summed E-state index contributed by atoms with van der Waals surface area (Å²) < 4.78 is 6.43. The van der Waals surface area contributed by atoms with Gasteiger partial charge in [-0.25, -0.2) is 9.78 Å². The Morgan fingerprint density at radius 1 is 1.23 bits per heavy atom. The van der Waals surface area contributed by atoms with Gasteiger partial charge in [0.2, 0.25) is 0 Å². The molecule has 1 N–H and O–H groups in total. The monoisotopic (exact) mass is 293 g/mol. The molecule has 0 saturated carbocycles. The lowest BCUT2D eigenvalue weighted by molar-refractivity contribution is 0.415. The molecule has 7 nitrogen and oxygen atoms in total. The van der Waals surface area contributed by atoms with Gasteiger partial charge < -0.3 is 9.72 Å². The van der Waals surface area contributed by atoms with Crippen molar-refractivity contribution in [2.45, 2.75) is 0 Å². The minimum atomic E-state index is -0.350. The third-order valence-corrected chi connectivity index (χ3v) is 3.39. The Hall–Kier alpha value is -3.22. The molecule has 0 aliphatic heterocycles. The molecular weight excluding hydrogens is 282 g/mol. The molecule has 7 heteroatoms. The quantitative estimate of drug-likeness (QED) is 0.607. The first-order chi connectivity index (χ1) is 10.8. The molecule has 0 unspecified atom stereocenters. The number of nitrogens with zero attached hydrogens (tertiary/aromatic N) is 4. The van der Waals surface area contributed by atoms with Crippen LogP contribution in [-0.4, -0.2) is 31.7 Å². The number of rotatable bonds is 2. The number of benzene rings is 1. The standard InChI is InChI=1S/C15H11N5O2/c1-22-10-5-2-4-9(8-10)13-18-14-12-11(6-3-7-16-12)17-15(21)20(14)19-13/h2-8H,1H3,(H,17,21). The zero-order chi connectivity index (χ0) is 15.1. The minimum Gasteiger partial charge on any atom is -0.497 e. The average molecular weight is 293 g/mol. The molecule has 0 bridgehead atoms. The van der Waals surface area contributed by atoms with E-state index in [-0.39, 0.29) is 5.69 Å². The number of fused-ring (bicyclic) bond motifs is 3. The smallest absolute Gasteiger partial charge is 0.348 e. The molecule has 4 aromatic rings. The number of ether oxygens (including phenoxy) is 1. The van der Waals surface area contributed by atoms with Crippen LogP contribution in [-0.2, 0) is 0 Å². The number of aromatic amines is 1. The molecule has 0 saturated heterocycles. The minimum absolute atomic E-state index is 0.350. The fourth-order valence-corrected chi connectivity index (χ4v) is 2.34. The predicted octanol–water partition coefficient (Wildman–Crippen LogP) is 1.64. The van der Waals surface area contributed by atoms with Gasteiger partial charge in [-0.1, -0.05) is 12.1 Å². The number of methoxy groups -OCH3 is 1. The van der Waals surface area contributed by atoms with Crippen LogP contribution in [0, 0.1) is 0 Å². The van der Waals surface area contributed by atoms with E-state index in [1.165, 1.54) is 4.52 Å². The summed E-state index contributed by atoms with van der Waals surface area (Å²) in [6, 6.07) is 10.9. The predicted molar refractivity (Wildman–Crippen MR) is 80.9 cm³/mol. The first-order valence-electron chi connectivity index (χ1n) is 6.64. The summed E-state index contributed by atoms with van der Waals surface area (Å²) in [7, 11) is 1.60. The van der Waals surface area contributed by atoms with Crippen LogP contribution in [0.1, 0.15) is 0 Å². The van der Waals surface area contributed by atoms with E-state index in [1.807, 2.05) is 24.3 Å². The number of nitrogens with one attached hydrogen (secondary N) is 1. The van der Waals surface area contributed by atoms with Crippen LogP contribution in [0.2, 0.25) is 0 Å². The Kier molecular flexibility index (Phi) is 2.65. The lowest BCUT2D eigenvalue weighted by Gasteiger charge is -2.00. The number of hydrogen-bond donors (Lipinski definition) is 1. The van der Waals surface area contributed by atoms with Gasteiger partial charge in [-0.05, 0) is 24.3 Å². The number of hydrogen-bond acceptors (Lipinski definition) is 5. The fourth-order valence-electron chi connectivity index (χ4n) is 2.34. The van der Waals surface area contributed by atoms with Gasteiger partial charge >= 0.3 is 5.69 Å². The second kappa shape index (κ2) is 4.66. The molecule has 0 aliphatic rings. The molecule has 4 rings (SSSR count). The Labute approximate surface area is 124 Å². The molecule has 0 aliphatic carbocycles. The topological polar surface area (TPSA) is 85.2 Å². The highest BCUT2D eigenvalue weighted by molar-refractivity contribution is 5.87. The van der Waals surface area contributed by atoms with Crippen LogP contribution < -0.4 is 10.4 Å². The van der Waals surface area contributed by atoms with E-state index in [4.69, 9.17) is 4.74 Å². The van der Waals surface area contributed by atoms with Crippen LogP contribution in [0.5, 0.6) is 5.75 Å². The maximum Gasteiger partial charge on any atom is 0.348 e. The maximum atomic E-state index is 12.1. The second-order valence-electron chi connectivity index (χ2n) is 4.73. The lowest BCUT2D eigenvalue weighted by Crippen LogP contribution is -2.17. The van der Waals surface area contributed by atoms with Crippen molar-refractivity contribution in [3.63, 3.8) is 0 Å². The third kappa shape index (κ3) is 1.83. The molecule has 1 aromatic carbocycles. The van der Waals surface area contributed by atoms with E-state index >= 15 is 0 Å². The number of aromatic nitrogens is 5. The van der Waals surface area contributed by atoms with E-state index in [0.717, 1.165) is 5.56 Å². The van der Waals surface area contributed by atoms with Gasteiger partial charge in [0.25, 0.3) is 0 Å². The highest BCUT2D eigenvalue weighted by Gasteiger charge is 2.13. The van der Waals surface area contributed by atoms with E-state index in [2.05, 4.69) is 20.1 Å². The van der Waals surface area contributed by atoms with Crippen LogP contribution >= 0.6 is 0 Å². The SMILES string of the molecule is COc1cccc(-c2nc3c4ncccc4[nH]c(=O)n3n2)c1. The molecule has 0 amide bonds. The van der Waals surface area contributed by atoms with Crippen LogP contribution in [0.15, 0.2) is 47.4 Å². The van der Waals surface area contributed by atoms with Crippen molar-refractivity contribution < 1.29 is 4.74 Å². The summed E-state index contributed by atoms with van der Waals surface area (Å²) in [4.78, 5) is 23.6. The fraction of sp³-hybridized carbons (Fsp3) is 0.0667. The number of H-pyrrole nitrogens is 1. The zero-order valence-electron chi connectivity index (χ0n) is 11.6. The summed E-state index contributed by atoms with van der Waals surface area (Å²) in [5, 5.41) is 4.27. The molecule has 0 radical (unpaired) electrons. The van der Waals surface area contributed by atoms with Crippen molar-refractivity contribution in [1.29, 1.82) is 0 Å². The van der Waals surface area contributed by atoms with Crippen molar-refractivity contribution in [1.82, 2.24) is 24.6 Å². The molecule has 3 heterocycles. The summed E-state index contributed by atoms with van der Waals surface area (Å²) >= 11 is 0. The molecule has 108 valence electrons. The van der Waals surface area contributed by atoms with Crippen molar-refractivity contribution in [2.75, 3.05) is 7.11 Å². The molecule has 0 spiro atoms. The van der Waals surface area contributed by atoms with Crippen molar-refractivity contribution >= 4 is 16.7 Å². The van der Waals surface area contributed by atoms with Gasteiger partial charge in [-0.15, -0.1) is 5.10 Å². The lowest BCUT2D eigenvalue weighted by atomic mass is 10.2. The molecule has 3 aromatic heterocycles. The van der Waals surface area contributed by atoms with Gasteiger partial charge in [0.05, 0.1) is 12.6 Å². The Balaban J connectivity index is 2.02. The Morgan fingerprint density at radius 3 is 3.00 bits per heavy atom. The van der Waals surface area contributed by atoms with Gasteiger partial charge in [0.1, 0.15) is 11.3 Å². The van der Waals surface area contributed by atoms with E-state index in [0.29, 0.717) is 28.3 Å². The average Bonchev–Trinajstić information content (AvgIpc) is 3.01. The normalized spacial score (nSPS) is 11.1. The maximum absolute atomic E-state index is 12.1. The molecule has 0 fully saturated rings. The molecule has 0 atom stereocenters. The highest BCUT2D eigenvalue weighted by Crippen LogP contribution is 2.22.